The molecule has 0 amide bonds. The van der Waals surface area contributed by atoms with E-state index in [1.165, 1.54) is 82.6 Å². The fraction of sp³-hybridized carbons (Fsp3) is 0.0588. The summed E-state index contributed by atoms with van der Waals surface area (Å²) >= 11 is 0. The standard InChI is InChI=1S/C34H21N/c1-3-9-24-20(7-1)17-22-13-16-27-28(32(22)24)18-23-14-15-26-25-10-4-6-12-30(25)35-29-11-5-2-8-21(29)19-31(35)34(26)33(23)27/h1-16,19H,17-18H2. The molecular weight excluding hydrogens is 422 g/mol. The van der Waals surface area contributed by atoms with Crippen LogP contribution in [-0.2, 0) is 12.8 Å². The van der Waals surface area contributed by atoms with Crippen molar-refractivity contribution in [3.63, 3.8) is 0 Å². The Hall–Kier alpha value is -4.36. The predicted molar refractivity (Wildman–Crippen MR) is 146 cm³/mol. The Balaban J connectivity index is 1.48. The summed E-state index contributed by atoms with van der Waals surface area (Å²) in [4.78, 5) is 0. The second-order valence-corrected chi connectivity index (χ2v) is 10.1. The summed E-state index contributed by atoms with van der Waals surface area (Å²) in [6.07, 6.45) is 2.06. The van der Waals surface area contributed by atoms with Crippen molar-refractivity contribution in [2.75, 3.05) is 0 Å². The average Bonchev–Trinajstić information content (AvgIpc) is 3.59. The van der Waals surface area contributed by atoms with Gasteiger partial charge < -0.3 is 4.40 Å². The molecule has 35 heavy (non-hydrogen) atoms. The fourth-order valence-corrected chi connectivity index (χ4v) is 7.00. The van der Waals surface area contributed by atoms with Gasteiger partial charge in [0.15, 0.2) is 0 Å². The van der Waals surface area contributed by atoms with Gasteiger partial charge in [0.2, 0.25) is 0 Å². The van der Waals surface area contributed by atoms with Gasteiger partial charge in [0.1, 0.15) is 0 Å². The first-order chi connectivity index (χ1) is 17.4. The molecule has 2 heterocycles. The minimum atomic E-state index is 1.01. The number of aromatic nitrogens is 1. The molecule has 5 aromatic carbocycles. The van der Waals surface area contributed by atoms with E-state index >= 15 is 0 Å². The maximum Gasteiger partial charge on any atom is 0.0553 e. The highest BCUT2D eigenvalue weighted by Gasteiger charge is 2.30. The Morgan fingerprint density at radius 2 is 1.26 bits per heavy atom. The Bertz CT molecular complexity index is 2050. The lowest BCUT2D eigenvalue weighted by Gasteiger charge is -2.14. The van der Waals surface area contributed by atoms with Crippen LogP contribution in [0.5, 0.6) is 0 Å². The number of nitrogens with zero attached hydrogens (tertiary/aromatic N) is 1. The normalized spacial score (nSPS) is 13.5. The number of fused-ring (bicyclic) bond motifs is 16. The van der Waals surface area contributed by atoms with E-state index in [9.17, 15) is 0 Å². The summed E-state index contributed by atoms with van der Waals surface area (Å²) in [5.41, 5.74) is 15.5. The SMILES string of the molecule is c1ccc2c(c1)Cc1ccc3c(c1-2)Cc1ccc2c4ccccc4n4c5ccccc5cc4c2c1-3. The molecule has 0 saturated carbocycles. The first kappa shape index (κ1) is 18.0. The summed E-state index contributed by atoms with van der Waals surface area (Å²) in [6, 6.07) is 38.6. The van der Waals surface area contributed by atoms with Crippen molar-refractivity contribution < 1.29 is 0 Å². The Morgan fingerprint density at radius 3 is 2.23 bits per heavy atom. The molecule has 0 bridgehead atoms. The van der Waals surface area contributed by atoms with Crippen LogP contribution in [-0.4, -0.2) is 4.40 Å². The molecule has 1 heteroatoms. The van der Waals surface area contributed by atoms with Crippen LogP contribution >= 0.6 is 0 Å². The van der Waals surface area contributed by atoms with Gasteiger partial charge in [-0.05, 0) is 80.9 Å². The molecule has 0 N–H and O–H groups in total. The van der Waals surface area contributed by atoms with Crippen molar-refractivity contribution >= 4 is 38.1 Å². The maximum atomic E-state index is 2.48. The van der Waals surface area contributed by atoms with Crippen LogP contribution in [0.3, 0.4) is 0 Å². The lowest BCUT2D eigenvalue weighted by Crippen LogP contribution is -1.93. The van der Waals surface area contributed by atoms with E-state index in [2.05, 4.69) is 108 Å². The molecule has 0 aliphatic heterocycles. The second kappa shape index (κ2) is 6.20. The quantitative estimate of drug-likeness (QED) is 0.207. The van der Waals surface area contributed by atoms with Gasteiger partial charge in [0.25, 0.3) is 0 Å². The molecule has 0 radical (unpaired) electrons. The van der Waals surface area contributed by atoms with Crippen LogP contribution in [0.2, 0.25) is 0 Å². The Labute approximate surface area is 202 Å². The number of hydrogen-bond acceptors (Lipinski definition) is 0. The van der Waals surface area contributed by atoms with Crippen LogP contribution in [0.25, 0.3) is 60.3 Å². The first-order valence-corrected chi connectivity index (χ1v) is 12.5. The summed E-state index contributed by atoms with van der Waals surface area (Å²) in [6.45, 7) is 0. The molecule has 0 unspecified atom stereocenters. The van der Waals surface area contributed by atoms with Crippen molar-refractivity contribution in [3.05, 3.63) is 125 Å². The number of pyridine rings is 1. The van der Waals surface area contributed by atoms with Crippen molar-refractivity contribution in [1.82, 2.24) is 4.40 Å². The predicted octanol–water partition coefficient (Wildman–Crippen LogP) is 8.54. The van der Waals surface area contributed by atoms with Crippen LogP contribution in [0.1, 0.15) is 22.3 Å². The summed E-state index contributed by atoms with van der Waals surface area (Å²) in [7, 11) is 0. The van der Waals surface area contributed by atoms with Gasteiger partial charge in [-0.2, -0.15) is 0 Å². The summed E-state index contributed by atoms with van der Waals surface area (Å²) in [5, 5.41) is 5.36. The number of rotatable bonds is 0. The largest absolute Gasteiger partial charge is 0.309 e. The molecular formula is C34H21N. The number of benzene rings is 5. The molecule has 2 aliphatic rings. The van der Waals surface area contributed by atoms with Crippen molar-refractivity contribution in [2.24, 2.45) is 0 Å². The minimum Gasteiger partial charge on any atom is -0.309 e. The van der Waals surface area contributed by atoms with Crippen LogP contribution in [0.15, 0.2) is 103 Å². The van der Waals surface area contributed by atoms with Crippen molar-refractivity contribution in [3.8, 4) is 22.3 Å². The molecule has 0 spiro atoms. The highest BCUT2D eigenvalue weighted by Crippen LogP contribution is 2.51. The maximum absolute atomic E-state index is 2.48. The lowest BCUT2D eigenvalue weighted by molar-refractivity contribution is 1.23. The van der Waals surface area contributed by atoms with E-state index in [1.54, 1.807) is 0 Å². The monoisotopic (exact) mass is 443 g/mol. The summed E-state index contributed by atoms with van der Waals surface area (Å²) in [5.74, 6) is 0. The van der Waals surface area contributed by atoms with Gasteiger partial charge in [-0.3, -0.25) is 0 Å². The van der Waals surface area contributed by atoms with Gasteiger partial charge in [-0.15, -0.1) is 0 Å². The Morgan fingerprint density at radius 1 is 0.486 bits per heavy atom. The molecule has 7 aromatic rings. The van der Waals surface area contributed by atoms with E-state index in [1.807, 2.05) is 0 Å². The van der Waals surface area contributed by atoms with Crippen molar-refractivity contribution in [1.29, 1.82) is 0 Å². The van der Waals surface area contributed by atoms with Gasteiger partial charge in [-0.1, -0.05) is 84.9 Å². The third-order valence-corrected chi connectivity index (χ3v) is 8.40. The third-order valence-electron chi connectivity index (χ3n) is 8.40. The Kier molecular flexibility index (Phi) is 3.19. The van der Waals surface area contributed by atoms with E-state index in [4.69, 9.17) is 0 Å². The topological polar surface area (TPSA) is 4.41 Å². The van der Waals surface area contributed by atoms with E-state index in [0.29, 0.717) is 0 Å². The van der Waals surface area contributed by atoms with Crippen molar-refractivity contribution in [2.45, 2.75) is 12.8 Å². The molecule has 2 aliphatic carbocycles. The summed E-state index contributed by atoms with van der Waals surface area (Å²) < 4.78 is 2.48. The molecule has 0 fully saturated rings. The molecule has 1 nitrogen and oxygen atoms in total. The average molecular weight is 444 g/mol. The molecule has 2 aromatic heterocycles. The zero-order valence-corrected chi connectivity index (χ0v) is 19.2. The van der Waals surface area contributed by atoms with Gasteiger partial charge in [0.05, 0.1) is 16.6 Å². The highest BCUT2D eigenvalue weighted by atomic mass is 14.9. The zero-order chi connectivity index (χ0) is 22.7. The molecule has 9 rings (SSSR count). The van der Waals surface area contributed by atoms with Gasteiger partial charge in [0, 0.05) is 16.2 Å². The van der Waals surface area contributed by atoms with Crippen LogP contribution in [0, 0.1) is 0 Å². The minimum absolute atomic E-state index is 1.01. The lowest BCUT2D eigenvalue weighted by atomic mass is 9.93. The highest BCUT2D eigenvalue weighted by molar-refractivity contribution is 6.21. The van der Waals surface area contributed by atoms with Gasteiger partial charge in [-0.25, -0.2) is 0 Å². The van der Waals surface area contributed by atoms with Gasteiger partial charge >= 0.3 is 0 Å². The van der Waals surface area contributed by atoms with Crippen LogP contribution < -0.4 is 0 Å². The molecule has 0 saturated heterocycles. The van der Waals surface area contributed by atoms with Crippen LogP contribution in [0.4, 0.5) is 0 Å². The zero-order valence-electron chi connectivity index (χ0n) is 19.2. The van der Waals surface area contributed by atoms with E-state index in [0.717, 1.165) is 12.8 Å². The van der Waals surface area contributed by atoms with E-state index in [-0.39, 0.29) is 0 Å². The third kappa shape index (κ3) is 2.15. The smallest absolute Gasteiger partial charge is 0.0553 e. The second-order valence-electron chi connectivity index (χ2n) is 10.1. The fourth-order valence-electron chi connectivity index (χ4n) is 7.00. The first-order valence-electron chi connectivity index (χ1n) is 12.5. The van der Waals surface area contributed by atoms with E-state index < -0.39 is 0 Å². The molecule has 162 valence electrons. The number of para-hydroxylation sites is 2. The number of hydrogen-bond donors (Lipinski definition) is 0. The molecule has 0 atom stereocenters.